The second kappa shape index (κ2) is 7.25. The Kier molecular flexibility index (Phi) is 5.06. The summed E-state index contributed by atoms with van der Waals surface area (Å²) < 4.78 is 1.99. The average Bonchev–Trinajstić information content (AvgIpc) is 3.22. The number of amides is 1. The van der Waals surface area contributed by atoms with Gasteiger partial charge in [0.15, 0.2) is 0 Å². The highest BCUT2D eigenvalue weighted by molar-refractivity contribution is 5.95. The van der Waals surface area contributed by atoms with E-state index in [9.17, 15) is 4.79 Å². The van der Waals surface area contributed by atoms with Crippen molar-refractivity contribution < 1.29 is 4.79 Å². The molecule has 1 aliphatic heterocycles. The van der Waals surface area contributed by atoms with E-state index in [1.54, 1.807) is 6.20 Å². The number of likely N-dealkylation sites (tertiary alicyclic amines) is 1. The van der Waals surface area contributed by atoms with Gasteiger partial charge in [-0.3, -0.25) is 14.6 Å². The largest absolute Gasteiger partial charge is 0.367 e. The molecule has 1 unspecified atom stereocenters. The maximum absolute atomic E-state index is 13.0. The number of nitrogens with one attached hydrogen (secondary N) is 1. The summed E-state index contributed by atoms with van der Waals surface area (Å²) in [6.45, 7) is 7.67. The van der Waals surface area contributed by atoms with E-state index in [0.717, 1.165) is 43.7 Å². The Balaban J connectivity index is 1.76. The Hall–Kier alpha value is -2.38. The molecule has 8 heteroatoms. The molecule has 0 saturated carbocycles. The number of hydrogen-bond acceptors (Lipinski definition) is 5. The van der Waals surface area contributed by atoms with Gasteiger partial charge < -0.3 is 10.6 Å². The van der Waals surface area contributed by atoms with Gasteiger partial charge >= 0.3 is 0 Å². The van der Waals surface area contributed by atoms with Crippen molar-refractivity contribution in [3.8, 4) is 0 Å². The number of anilines is 1. The smallest absolute Gasteiger partial charge is 0.257 e. The molecule has 1 atom stereocenters. The molecule has 25 heavy (non-hydrogen) atoms. The number of piperidine rings is 1. The highest BCUT2D eigenvalue weighted by Crippen LogP contribution is 2.27. The van der Waals surface area contributed by atoms with Crippen LogP contribution in [0.25, 0.3) is 0 Å². The Morgan fingerprint density at radius 3 is 2.84 bits per heavy atom. The molecule has 8 nitrogen and oxygen atoms in total. The van der Waals surface area contributed by atoms with Gasteiger partial charge in [-0.15, -0.1) is 5.10 Å². The van der Waals surface area contributed by atoms with Crippen molar-refractivity contribution in [2.45, 2.75) is 58.4 Å². The van der Waals surface area contributed by atoms with Crippen LogP contribution in [0.3, 0.4) is 0 Å². The van der Waals surface area contributed by atoms with Crippen LogP contribution in [0.4, 0.5) is 5.95 Å². The molecule has 2 aromatic rings. The Morgan fingerprint density at radius 1 is 1.44 bits per heavy atom. The lowest BCUT2D eigenvalue weighted by molar-refractivity contribution is 0.0703. The third-order valence-electron chi connectivity index (χ3n) is 5.18. The zero-order valence-corrected chi connectivity index (χ0v) is 15.2. The number of nitrogens with zero attached hydrogens (tertiary/aromatic N) is 5. The van der Waals surface area contributed by atoms with Gasteiger partial charge in [-0.05, 0) is 32.6 Å². The maximum Gasteiger partial charge on any atom is 0.257 e. The molecule has 1 aliphatic rings. The van der Waals surface area contributed by atoms with Gasteiger partial charge in [0, 0.05) is 24.7 Å². The van der Waals surface area contributed by atoms with E-state index < -0.39 is 0 Å². The van der Waals surface area contributed by atoms with Crippen molar-refractivity contribution in [1.82, 2.24) is 29.9 Å². The van der Waals surface area contributed by atoms with Gasteiger partial charge in [-0.25, -0.2) is 0 Å². The van der Waals surface area contributed by atoms with Crippen LogP contribution in [0.1, 0.15) is 73.4 Å². The Labute approximate surface area is 147 Å². The lowest BCUT2D eigenvalue weighted by Crippen LogP contribution is -2.39. The van der Waals surface area contributed by atoms with E-state index in [2.05, 4.69) is 34.1 Å². The second-order valence-corrected chi connectivity index (χ2v) is 6.73. The van der Waals surface area contributed by atoms with Crippen LogP contribution < -0.4 is 5.73 Å². The first-order chi connectivity index (χ1) is 12.0. The van der Waals surface area contributed by atoms with Crippen LogP contribution in [0.5, 0.6) is 0 Å². The van der Waals surface area contributed by atoms with E-state index in [4.69, 9.17) is 5.73 Å². The number of aromatic nitrogens is 5. The standard InChI is InChI=1S/C17H27N7O/c1-4-13(5-2)24-11(3)14(9-19-24)16(25)23-8-6-7-12(10-23)15-20-17(18)22-21-15/h9,12-13H,4-8,10H2,1-3H3,(H3,18,20,21,22). The molecular weight excluding hydrogens is 318 g/mol. The molecule has 1 saturated heterocycles. The van der Waals surface area contributed by atoms with Gasteiger partial charge in [0.2, 0.25) is 5.95 Å². The highest BCUT2D eigenvalue weighted by Gasteiger charge is 2.29. The summed E-state index contributed by atoms with van der Waals surface area (Å²) in [5, 5.41) is 11.3. The Bertz CT molecular complexity index is 731. The van der Waals surface area contributed by atoms with Crippen LogP contribution in [-0.2, 0) is 0 Å². The number of rotatable bonds is 5. The molecule has 1 amide bonds. The molecule has 3 N–H and O–H groups in total. The summed E-state index contributed by atoms with van der Waals surface area (Å²) in [6.07, 6.45) is 5.64. The molecule has 1 fully saturated rings. The molecule has 3 heterocycles. The fourth-order valence-corrected chi connectivity index (χ4v) is 3.66. The number of nitrogens with two attached hydrogens (primary N) is 1. The maximum atomic E-state index is 13.0. The number of nitrogen functional groups attached to an aromatic ring is 1. The van der Waals surface area contributed by atoms with Crippen LogP contribution in [0, 0.1) is 6.92 Å². The molecule has 136 valence electrons. The average molecular weight is 345 g/mol. The fraction of sp³-hybridized carbons (Fsp3) is 0.647. The monoisotopic (exact) mass is 345 g/mol. The van der Waals surface area contributed by atoms with Crippen LogP contribution in [-0.4, -0.2) is 48.9 Å². The van der Waals surface area contributed by atoms with Crippen molar-refractivity contribution >= 4 is 11.9 Å². The van der Waals surface area contributed by atoms with Crippen molar-refractivity contribution in [2.24, 2.45) is 0 Å². The second-order valence-electron chi connectivity index (χ2n) is 6.73. The molecule has 0 aromatic carbocycles. The first kappa shape index (κ1) is 17.4. The predicted molar refractivity (Wildman–Crippen MR) is 95.3 cm³/mol. The number of aromatic amines is 1. The molecule has 0 aliphatic carbocycles. The van der Waals surface area contributed by atoms with E-state index in [-0.39, 0.29) is 17.8 Å². The van der Waals surface area contributed by atoms with E-state index in [1.165, 1.54) is 0 Å². The minimum atomic E-state index is 0.0480. The molecule has 0 bridgehead atoms. The van der Waals surface area contributed by atoms with Crippen LogP contribution in [0.15, 0.2) is 6.20 Å². The summed E-state index contributed by atoms with van der Waals surface area (Å²) in [5.41, 5.74) is 7.25. The highest BCUT2D eigenvalue weighted by atomic mass is 16.2. The zero-order valence-electron chi connectivity index (χ0n) is 15.2. The van der Waals surface area contributed by atoms with Gasteiger partial charge in [0.05, 0.1) is 17.8 Å². The lowest BCUT2D eigenvalue weighted by Gasteiger charge is -2.31. The minimum Gasteiger partial charge on any atom is -0.367 e. The Morgan fingerprint density at radius 2 is 2.20 bits per heavy atom. The number of carbonyl (C=O) groups excluding carboxylic acids is 1. The van der Waals surface area contributed by atoms with Gasteiger partial charge in [-0.1, -0.05) is 13.8 Å². The molecule has 0 spiro atoms. The third kappa shape index (κ3) is 3.38. The van der Waals surface area contributed by atoms with Crippen LogP contribution >= 0.6 is 0 Å². The van der Waals surface area contributed by atoms with Crippen molar-refractivity contribution in [2.75, 3.05) is 18.8 Å². The molecule has 3 rings (SSSR count). The number of hydrogen-bond donors (Lipinski definition) is 2. The predicted octanol–water partition coefficient (Wildman–Crippen LogP) is 2.27. The third-order valence-corrected chi connectivity index (χ3v) is 5.18. The fourth-order valence-electron chi connectivity index (χ4n) is 3.66. The first-order valence-electron chi connectivity index (χ1n) is 9.06. The number of H-pyrrole nitrogens is 1. The summed E-state index contributed by atoms with van der Waals surface area (Å²) in [6, 6.07) is 0.341. The van der Waals surface area contributed by atoms with Crippen molar-refractivity contribution in [1.29, 1.82) is 0 Å². The minimum absolute atomic E-state index is 0.0480. The first-order valence-corrected chi connectivity index (χ1v) is 9.06. The summed E-state index contributed by atoms with van der Waals surface area (Å²) in [5.74, 6) is 1.21. The zero-order chi connectivity index (χ0) is 18.0. The lowest BCUT2D eigenvalue weighted by atomic mass is 9.97. The molecule has 2 aromatic heterocycles. The topological polar surface area (TPSA) is 106 Å². The summed E-state index contributed by atoms with van der Waals surface area (Å²) >= 11 is 0. The van der Waals surface area contributed by atoms with Gasteiger partial charge in [-0.2, -0.15) is 10.1 Å². The van der Waals surface area contributed by atoms with Gasteiger partial charge in [0.1, 0.15) is 5.82 Å². The van der Waals surface area contributed by atoms with Crippen LogP contribution in [0.2, 0.25) is 0 Å². The van der Waals surface area contributed by atoms with Crippen molar-refractivity contribution in [3.63, 3.8) is 0 Å². The normalized spacial score (nSPS) is 18.1. The van der Waals surface area contributed by atoms with E-state index in [0.29, 0.717) is 18.2 Å². The SMILES string of the molecule is CCC(CC)n1ncc(C(=O)N2CCCC(c3nc(N)n[nH]3)C2)c1C. The van der Waals surface area contributed by atoms with Gasteiger partial charge in [0.25, 0.3) is 5.91 Å². The number of carbonyl (C=O) groups is 1. The summed E-state index contributed by atoms with van der Waals surface area (Å²) in [4.78, 5) is 19.1. The van der Waals surface area contributed by atoms with E-state index >= 15 is 0 Å². The summed E-state index contributed by atoms with van der Waals surface area (Å²) in [7, 11) is 0. The van der Waals surface area contributed by atoms with E-state index in [1.807, 2.05) is 16.5 Å². The molecule has 0 radical (unpaired) electrons. The quantitative estimate of drug-likeness (QED) is 0.865. The molecular formula is C17H27N7O. The van der Waals surface area contributed by atoms with Crippen molar-refractivity contribution in [3.05, 3.63) is 23.3 Å².